The van der Waals surface area contributed by atoms with Gasteiger partial charge in [-0.2, -0.15) is 0 Å². The molecular formula is C13H18BrNOS. The van der Waals surface area contributed by atoms with E-state index in [2.05, 4.69) is 29.8 Å². The molecule has 0 spiro atoms. The van der Waals surface area contributed by atoms with E-state index in [1.165, 1.54) is 0 Å². The molecule has 0 radical (unpaired) electrons. The second-order valence-corrected chi connectivity index (χ2v) is 7.81. The van der Waals surface area contributed by atoms with Crippen LogP contribution in [0.4, 0.5) is 0 Å². The number of hydrogen-bond acceptors (Lipinski definition) is 2. The molecule has 3 atom stereocenters. The Morgan fingerprint density at radius 1 is 1.41 bits per heavy atom. The summed E-state index contributed by atoms with van der Waals surface area (Å²) in [6.07, 6.45) is 2.00. The van der Waals surface area contributed by atoms with Crippen LogP contribution in [0.25, 0.3) is 0 Å². The van der Waals surface area contributed by atoms with Crippen molar-refractivity contribution in [3.05, 3.63) is 28.7 Å². The molecule has 2 N–H and O–H groups in total. The molecule has 0 bridgehead atoms. The summed E-state index contributed by atoms with van der Waals surface area (Å²) in [4.78, 5) is 0.866. The van der Waals surface area contributed by atoms with E-state index in [-0.39, 0.29) is 16.7 Å². The van der Waals surface area contributed by atoms with Gasteiger partial charge in [-0.25, -0.2) is 0 Å². The Labute approximate surface area is 114 Å². The molecule has 3 unspecified atom stereocenters. The smallest absolute Gasteiger partial charge is 0.0588 e. The lowest BCUT2D eigenvalue weighted by atomic mass is 9.88. The van der Waals surface area contributed by atoms with Gasteiger partial charge in [-0.1, -0.05) is 26.0 Å². The fraction of sp³-hybridized carbons (Fsp3) is 0.538. The van der Waals surface area contributed by atoms with Gasteiger partial charge in [-0.15, -0.1) is 0 Å². The van der Waals surface area contributed by atoms with Gasteiger partial charge in [0.15, 0.2) is 0 Å². The fourth-order valence-corrected chi connectivity index (χ4v) is 4.90. The third-order valence-corrected chi connectivity index (χ3v) is 6.53. The average molecular weight is 316 g/mol. The Morgan fingerprint density at radius 2 is 2.06 bits per heavy atom. The molecule has 1 aliphatic rings. The van der Waals surface area contributed by atoms with Crippen molar-refractivity contribution in [2.24, 2.45) is 11.1 Å². The standard InChI is InChI=1S/C13H18BrNOS/c1-13(2)8-7-11(12(13)15)17(16)10-6-4-3-5-9(10)14/h3-6,11-12H,7-8,15H2,1-2H3. The Balaban J connectivity index is 2.26. The highest BCUT2D eigenvalue weighted by Gasteiger charge is 2.42. The highest BCUT2D eigenvalue weighted by Crippen LogP contribution is 2.40. The molecule has 0 saturated heterocycles. The maximum Gasteiger partial charge on any atom is 0.0588 e. The predicted octanol–water partition coefficient (Wildman–Crippen LogP) is 3.07. The van der Waals surface area contributed by atoms with Gasteiger partial charge < -0.3 is 5.73 Å². The van der Waals surface area contributed by atoms with E-state index in [0.717, 1.165) is 22.2 Å². The van der Waals surface area contributed by atoms with E-state index in [4.69, 9.17) is 5.73 Å². The number of benzene rings is 1. The fourth-order valence-electron chi connectivity index (χ4n) is 2.37. The van der Waals surface area contributed by atoms with Crippen molar-refractivity contribution < 1.29 is 4.21 Å². The van der Waals surface area contributed by atoms with Crippen LogP contribution in [-0.4, -0.2) is 15.5 Å². The van der Waals surface area contributed by atoms with Crippen molar-refractivity contribution in [3.63, 3.8) is 0 Å². The number of hydrogen-bond donors (Lipinski definition) is 1. The summed E-state index contributed by atoms with van der Waals surface area (Å²) in [6, 6.07) is 7.71. The van der Waals surface area contributed by atoms with Gasteiger partial charge in [0.05, 0.1) is 20.9 Å². The molecule has 0 aliphatic heterocycles. The zero-order chi connectivity index (χ0) is 12.6. The van der Waals surface area contributed by atoms with E-state index in [1.807, 2.05) is 24.3 Å². The summed E-state index contributed by atoms with van der Waals surface area (Å²) in [5, 5.41) is 0.0729. The van der Waals surface area contributed by atoms with Crippen molar-refractivity contribution in [1.29, 1.82) is 0 Å². The maximum absolute atomic E-state index is 12.6. The summed E-state index contributed by atoms with van der Waals surface area (Å²) in [7, 11) is -1.02. The van der Waals surface area contributed by atoms with Gasteiger partial charge in [-0.05, 0) is 46.3 Å². The van der Waals surface area contributed by atoms with Crippen molar-refractivity contribution in [2.45, 2.75) is 42.9 Å². The van der Waals surface area contributed by atoms with Crippen LogP contribution in [0.2, 0.25) is 0 Å². The van der Waals surface area contributed by atoms with Crippen LogP contribution in [0.3, 0.4) is 0 Å². The highest BCUT2D eigenvalue weighted by molar-refractivity contribution is 9.10. The van der Waals surface area contributed by atoms with E-state index in [0.29, 0.717) is 0 Å². The average Bonchev–Trinajstić information content (AvgIpc) is 2.54. The molecule has 0 aromatic heterocycles. The SMILES string of the molecule is CC1(C)CCC(S(=O)c2ccccc2Br)C1N. The van der Waals surface area contributed by atoms with Gasteiger partial charge in [0.1, 0.15) is 0 Å². The monoisotopic (exact) mass is 315 g/mol. The van der Waals surface area contributed by atoms with Crippen LogP contribution < -0.4 is 5.73 Å². The summed E-state index contributed by atoms with van der Waals surface area (Å²) in [6.45, 7) is 4.32. The highest BCUT2D eigenvalue weighted by atomic mass is 79.9. The lowest BCUT2D eigenvalue weighted by molar-refractivity contribution is 0.334. The zero-order valence-electron chi connectivity index (χ0n) is 10.2. The van der Waals surface area contributed by atoms with Crippen LogP contribution >= 0.6 is 15.9 Å². The largest absolute Gasteiger partial charge is 0.326 e. The Kier molecular flexibility index (Phi) is 3.76. The van der Waals surface area contributed by atoms with E-state index in [1.54, 1.807) is 0 Å². The Bertz CT molecular complexity index is 447. The number of rotatable bonds is 2. The molecule has 1 aromatic carbocycles. The Morgan fingerprint density at radius 3 is 2.59 bits per heavy atom. The quantitative estimate of drug-likeness (QED) is 0.911. The first kappa shape index (κ1) is 13.2. The molecule has 4 heteroatoms. The van der Waals surface area contributed by atoms with Gasteiger partial charge in [0.2, 0.25) is 0 Å². The summed E-state index contributed by atoms with van der Waals surface area (Å²) in [5.74, 6) is 0. The molecule has 2 nitrogen and oxygen atoms in total. The van der Waals surface area contributed by atoms with Crippen molar-refractivity contribution in [1.82, 2.24) is 0 Å². The van der Waals surface area contributed by atoms with E-state index in [9.17, 15) is 4.21 Å². The lowest BCUT2D eigenvalue weighted by Gasteiger charge is -2.26. The second-order valence-electron chi connectivity index (χ2n) is 5.32. The predicted molar refractivity (Wildman–Crippen MR) is 75.3 cm³/mol. The minimum atomic E-state index is -1.02. The normalized spacial score (nSPS) is 29.2. The first-order valence-electron chi connectivity index (χ1n) is 5.84. The number of nitrogens with two attached hydrogens (primary N) is 1. The summed E-state index contributed by atoms with van der Waals surface area (Å²) in [5.41, 5.74) is 6.34. The first-order valence-corrected chi connectivity index (χ1v) is 7.85. The van der Waals surface area contributed by atoms with Gasteiger partial charge in [0.25, 0.3) is 0 Å². The molecular weight excluding hydrogens is 298 g/mol. The molecule has 2 rings (SSSR count). The minimum absolute atomic E-state index is 0.00967. The molecule has 17 heavy (non-hydrogen) atoms. The zero-order valence-corrected chi connectivity index (χ0v) is 12.6. The summed E-state index contributed by atoms with van der Waals surface area (Å²) >= 11 is 3.46. The summed E-state index contributed by atoms with van der Waals surface area (Å²) < 4.78 is 13.5. The molecule has 0 heterocycles. The number of halogens is 1. The van der Waals surface area contributed by atoms with Gasteiger partial charge in [-0.3, -0.25) is 4.21 Å². The van der Waals surface area contributed by atoms with E-state index >= 15 is 0 Å². The van der Waals surface area contributed by atoms with Gasteiger partial charge in [0, 0.05) is 10.5 Å². The molecule has 0 amide bonds. The molecule has 1 aliphatic carbocycles. The third-order valence-electron chi connectivity index (χ3n) is 3.70. The van der Waals surface area contributed by atoms with Crippen molar-refractivity contribution in [3.8, 4) is 0 Å². The minimum Gasteiger partial charge on any atom is -0.326 e. The van der Waals surface area contributed by atoms with Crippen LogP contribution in [0.15, 0.2) is 33.6 Å². The van der Waals surface area contributed by atoms with Crippen LogP contribution in [0, 0.1) is 5.41 Å². The topological polar surface area (TPSA) is 43.1 Å². The van der Waals surface area contributed by atoms with E-state index < -0.39 is 10.8 Å². The van der Waals surface area contributed by atoms with Crippen molar-refractivity contribution >= 4 is 26.7 Å². The first-order chi connectivity index (χ1) is 7.93. The van der Waals surface area contributed by atoms with Crippen molar-refractivity contribution in [2.75, 3.05) is 0 Å². The van der Waals surface area contributed by atoms with Crippen LogP contribution in [0.1, 0.15) is 26.7 Å². The third kappa shape index (κ3) is 2.49. The lowest BCUT2D eigenvalue weighted by Crippen LogP contribution is -2.41. The Hall–Kier alpha value is -0.190. The molecule has 1 aromatic rings. The molecule has 1 fully saturated rings. The van der Waals surface area contributed by atoms with Gasteiger partial charge >= 0.3 is 0 Å². The van der Waals surface area contributed by atoms with Crippen LogP contribution in [0.5, 0.6) is 0 Å². The van der Waals surface area contributed by atoms with Crippen LogP contribution in [-0.2, 0) is 10.8 Å². The second kappa shape index (κ2) is 4.82. The molecule has 94 valence electrons. The molecule has 1 saturated carbocycles. The maximum atomic E-state index is 12.6.